The number of benzene rings is 2. The van der Waals surface area contributed by atoms with Crippen LogP contribution in [0.3, 0.4) is 0 Å². The molecule has 0 saturated carbocycles. The zero-order valence-corrected chi connectivity index (χ0v) is 17.9. The van der Waals surface area contributed by atoms with Crippen molar-refractivity contribution in [3.05, 3.63) is 95.3 Å². The first-order valence-electron chi connectivity index (χ1n) is 9.07. The molecule has 30 heavy (non-hydrogen) atoms. The van der Waals surface area contributed by atoms with Crippen LogP contribution in [-0.2, 0) is 14.8 Å². The Morgan fingerprint density at radius 3 is 2.43 bits per heavy atom. The first-order valence-corrected chi connectivity index (χ1v) is 10.9. The van der Waals surface area contributed by atoms with Crippen LogP contribution in [0.1, 0.15) is 11.1 Å². The molecule has 156 valence electrons. The van der Waals surface area contributed by atoms with Crippen LogP contribution in [0.2, 0.25) is 5.02 Å². The maximum atomic E-state index is 12.5. The number of pyridine rings is 1. The van der Waals surface area contributed by atoms with Crippen molar-refractivity contribution in [3.63, 3.8) is 0 Å². The quantitative estimate of drug-likeness (QED) is 0.502. The van der Waals surface area contributed by atoms with E-state index in [1.807, 2.05) is 42.5 Å². The summed E-state index contributed by atoms with van der Waals surface area (Å²) >= 11 is 5.84. The Kier molecular flexibility index (Phi) is 7.59. The van der Waals surface area contributed by atoms with Crippen LogP contribution >= 0.6 is 11.6 Å². The minimum Gasteiger partial charge on any atom is -0.468 e. The number of ether oxygens (including phenoxy) is 2. The highest BCUT2D eigenvalue weighted by atomic mass is 35.5. The molecule has 0 fully saturated rings. The van der Waals surface area contributed by atoms with Crippen molar-refractivity contribution < 1.29 is 17.9 Å². The Morgan fingerprint density at radius 2 is 1.80 bits per heavy atom. The van der Waals surface area contributed by atoms with Gasteiger partial charge in [0, 0.05) is 36.6 Å². The zero-order chi connectivity index (χ0) is 21.4. The summed E-state index contributed by atoms with van der Waals surface area (Å²) in [4.78, 5) is 4.32. The topological polar surface area (TPSA) is 77.5 Å². The van der Waals surface area contributed by atoms with E-state index < -0.39 is 10.0 Å². The van der Waals surface area contributed by atoms with Crippen LogP contribution in [0, 0.1) is 0 Å². The standard InChI is InChI=1S/C22H21ClN2O4S/c1-28-16-29-20-8-4-17(5-9-20)22(18-3-2-13-24-15-18)12-14-25-30(26,27)21-10-6-19(23)7-11-21/h2-13,15,25H,14,16H2,1H3/b22-12+. The highest BCUT2D eigenvalue weighted by molar-refractivity contribution is 7.89. The summed E-state index contributed by atoms with van der Waals surface area (Å²) in [5.74, 6) is 0.676. The van der Waals surface area contributed by atoms with E-state index in [-0.39, 0.29) is 18.2 Å². The molecule has 1 heterocycles. The largest absolute Gasteiger partial charge is 0.468 e. The first-order chi connectivity index (χ1) is 14.5. The van der Waals surface area contributed by atoms with Gasteiger partial charge in [-0.2, -0.15) is 0 Å². The van der Waals surface area contributed by atoms with Gasteiger partial charge in [0.05, 0.1) is 4.90 Å². The Bertz CT molecular complexity index is 1080. The SMILES string of the molecule is COCOc1ccc(/C(=C\CNS(=O)(=O)c2ccc(Cl)cc2)c2cccnc2)cc1. The van der Waals surface area contributed by atoms with Gasteiger partial charge in [0.2, 0.25) is 10.0 Å². The minimum atomic E-state index is -3.66. The Labute approximate surface area is 181 Å². The molecule has 8 heteroatoms. The smallest absolute Gasteiger partial charge is 0.240 e. The second-order valence-corrected chi connectivity index (χ2v) is 8.44. The van der Waals surface area contributed by atoms with Crippen molar-refractivity contribution in [1.82, 2.24) is 9.71 Å². The van der Waals surface area contributed by atoms with Gasteiger partial charge in [-0.1, -0.05) is 35.9 Å². The minimum absolute atomic E-state index is 0.108. The fourth-order valence-electron chi connectivity index (χ4n) is 2.73. The highest BCUT2D eigenvalue weighted by Gasteiger charge is 2.13. The van der Waals surface area contributed by atoms with E-state index in [0.717, 1.165) is 16.7 Å². The fraction of sp³-hybridized carbons (Fsp3) is 0.136. The molecular formula is C22H21ClN2O4S. The van der Waals surface area contributed by atoms with Gasteiger partial charge in [-0.15, -0.1) is 0 Å². The van der Waals surface area contributed by atoms with Crippen molar-refractivity contribution in [2.45, 2.75) is 4.90 Å². The van der Waals surface area contributed by atoms with Crippen LogP contribution in [-0.4, -0.2) is 33.8 Å². The molecule has 0 aliphatic rings. The van der Waals surface area contributed by atoms with Gasteiger partial charge >= 0.3 is 0 Å². The van der Waals surface area contributed by atoms with E-state index in [1.165, 1.54) is 12.1 Å². The lowest BCUT2D eigenvalue weighted by molar-refractivity contribution is 0.0511. The van der Waals surface area contributed by atoms with Crippen molar-refractivity contribution in [2.24, 2.45) is 0 Å². The highest BCUT2D eigenvalue weighted by Crippen LogP contribution is 2.25. The Morgan fingerprint density at radius 1 is 1.07 bits per heavy atom. The average Bonchev–Trinajstić information content (AvgIpc) is 2.77. The molecule has 3 aromatic rings. The number of rotatable bonds is 9. The van der Waals surface area contributed by atoms with Crippen molar-refractivity contribution >= 4 is 27.2 Å². The summed E-state index contributed by atoms with van der Waals surface area (Å²) in [7, 11) is -2.10. The molecule has 0 bridgehead atoms. The summed E-state index contributed by atoms with van der Waals surface area (Å²) < 4.78 is 38.0. The third-order valence-electron chi connectivity index (χ3n) is 4.18. The van der Waals surface area contributed by atoms with Gasteiger partial charge in [-0.3, -0.25) is 4.98 Å². The van der Waals surface area contributed by atoms with E-state index in [9.17, 15) is 8.42 Å². The number of halogens is 1. The molecule has 1 N–H and O–H groups in total. The first kappa shape index (κ1) is 22.0. The Balaban J connectivity index is 1.82. The third kappa shape index (κ3) is 5.90. The number of hydrogen-bond donors (Lipinski definition) is 1. The number of nitrogens with zero attached hydrogens (tertiary/aromatic N) is 1. The number of aromatic nitrogens is 1. The zero-order valence-electron chi connectivity index (χ0n) is 16.3. The molecule has 0 aliphatic carbocycles. The normalized spacial score (nSPS) is 12.0. The molecule has 0 unspecified atom stereocenters. The average molecular weight is 445 g/mol. The maximum Gasteiger partial charge on any atom is 0.240 e. The van der Waals surface area contributed by atoms with E-state index in [0.29, 0.717) is 10.8 Å². The van der Waals surface area contributed by atoms with Gasteiger partial charge in [-0.05, 0) is 53.6 Å². The molecule has 0 amide bonds. The predicted molar refractivity (Wildman–Crippen MR) is 117 cm³/mol. The molecule has 0 saturated heterocycles. The number of sulfonamides is 1. The van der Waals surface area contributed by atoms with Gasteiger partial charge in [0.25, 0.3) is 0 Å². The van der Waals surface area contributed by atoms with Crippen LogP contribution in [0.5, 0.6) is 5.75 Å². The number of methoxy groups -OCH3 is 1. The summed E-state index contributed by atoms with van der Waals surface area (Å²) in [6.45, 7) is 0.272. The van der Waals surface area contributed by atoms with E-state index in [2.05, 4.69) is 9.71 Å². The lowest BCUT2D eigenvalue weighted by Crippen LogP contribution is -2.24. The van der Waals surface area contributed by atoms with Crippen LogP contribution in [0.4, 0.5) is 0 Å². The summed E-state index contributed by atoms with van der Waals surface area (Å²) in [6, 6.07) is 17.2. The molecular weight excluding hydrogens is 424 g/mol. The lowest BCUT2D eigenvalue weighted by atomic mass is 9.99. The summed E-state index contributed by atoms with van der Waals surface area (Å²) in [5, 5.41) is 0.477. The van der Waals surface area contributed by atoms with Gasteiger partial charge in [-0.25, -0.2) is 13.1 Å². The monoisotopic (exact) mass is 444 g/mol. The maximum absolute atomic E-state index is 12.5. The van der Waals surface area contributed by atoms with Crippen molar-refractivity contribution in [2.75, 3.05) is 20.4 Å². The number of hydrogen-bond acceptors (Lipinski definition) is 5. The predicted octanol–water partition coefficient (Wildman–Crippen LogP) is 4.13. The Hall–Kier alpha value is -2.71. The van der Waals surface area contributed by atoms with Crippen molar-refractivity contribution in [1.29, 1.82) is 0 Å². The fourth-order valence-corrected chi connectivity index (χ4v) is 3.82. The molecule has 0 atom stereocenters. The molecule has 2 aromatic carbocycles. The van der Waals surface area contributed by atoms with Gasteiger partial charge in [0.15, 0.2) is 6.79 Å². The van der Waals surface area contributed by atoms with Crippen LogP contribution < -0.4 is 9.46 Å². The molecule has 6 nitrogen and oxygen atoms in total. The third-order valence-corrected chi connectivity index (χ3v) is 5.88. The molecule has 3 rings (SSSR count). The van der Waals surface area contributed by atoms with E-state index in [4.69, 9.17) is 21.1 Å². The van der Waals surface area contributed by atoms with Gasteiger partial charge < -0.3 is 9.47 Å². The second kappa shape index (κ2) is 10.4. The van der Waals surface area contributed by atoms with Crippen molar-refractivity contribution in [3.8, 4) is 5.75 Å². The van der Waals surface area contributed by atoms with Gasteiger partial charge in [0.1, 0.15) is 5.75 Å². The van der Waals surface area contributed by atoms with E-state index >= 15 is 0 Å². The molecule has 0 aliphatic heterocycles. The number of nitrogens with one attached hydrogen (secondary N) is 1. The van der Waals surface area contributed by atoms with Crippen LogP contribution in [0.15, 0.2) is 84.0 Å². The lowest BCUT2D eigenvalue weighted by Gasteiger charge is -2.11. The van der Waals surface area contributed by atoms with Crippen LogP contribution in [0.25, 0.3) is 5.57 Å². The summed E-state index contributed by atoms with van der Waals surface area (Å²) in [6.07, 6.45) is 5.23. The molecule has 0 spiro atoms. The second-order valence-electron chi connectivity index (χ2n) is 6.24. The van der Waals surface area contributed by atoms with E-state index in [1.54, 1.807) is 31.6 Å². The summed E-state index contributed by atoms with van der Waals surface area (Å²) in [5.41, 5.74) is 2.62. The molecule has 0 radical (unpaired) electrons. The molecule has 1 aromatic heterocycles.